The summed E-state index contributed by atoms with van der Waals surface area (Å²) in [4.78, 5) is 28.2. The number of nitrogens with zero attached hydrogens (tertiary/aromatic N) is 1. The number of benzene rings is 3. The minimum absolute atomic E-state index is 0.0426. The van der Waals surface area contributed by atoms with Gasteiger partial charge in [0.1, 0.15) is 11.4 Å². The highest BCUT2D eigenvalue weighted by Crippen LogP contribution is 2.38. The van der Waals surface area contributed by atoms with Crippen molar-refractivity contribution in [3.63, 3.8) is 0 Å². The molecule has 148 valence electrons. The zero-order chi connectivity index (χ0) is 20.7. The van der Waals surface area contributed by atoms with Crippen molar-refractivity contribution in [1.82, 2.24) is 4.90 Å². The summed E-state index contributed by atoms with van der Waals surface area (Å²) in [7, 11) is 0. The smallest absolute Gasteiger partial charge is 0.290 e. The van der Waals surface area contributed by atoms with Crippen LogP contribution < -0.4 is 5.43 Å². The molecule has 0 aliphatic carbocycles. The van der Waals surface area contributed by atoms with Crippen LogP contribution in [-0.2, 0) is 6.42 Å². The monoisotopic (exact) mass is 399 g/mol. The van der Waals surface area contributed by atoms with Gasteiger partial charge >= 0.3 is 0 Å². The van der Waals surface area contributed by atoms with Gasteiger partial charge in [-0.05, 0) is 41.8 Å². The number of rotatable bonds is 4. The van der Waals surface area contributed by atoms with Gasteiger partial charge in [-0.2, -0.15) is 0 Å². The first-order valence-electron chi connectivity index (χ1n) is 9.79. The van der Waals surface area contributed by atoms with Gasteiger partial charge in [-0.1, -0.05) is 54.6 Å². The molecule has 1 aliphatic heterocycles. The Balaban J connectivity index is 1.66. The van der Waals surface area contributed by atoms with Crippen molar-refractivity contribution >= 4 is 16.9 Å². The fraction of sp³-hybridized carbons (Fsp3) is 0.120. The highest BCUT2D eigenvalue weighted by atomic mass is 19.1. The molecule has 0 saturated carbocycles. The molecule has 1 aliphatic rings. The quantitative estimate of drug-likeness (QED) is 0.499. The van der Waals surface area contributed by atoms with Crippen molar-refractivity contribution in [3.05, 3.63) is 117 Å². The third kappa shape index (κ3) is 2.99. The Hall–Kier alpha value is -3.73. The summed E-state index contributed by atoms with van der Waals surface area (Å²) in [5, 5.41) is 0.412. The van der Waals surface area contributed by atoms with Crippen molar-refractivity contribution in [2.24, 2.45) is 0 Å². The van der Waals surface area contributed by atoms with Crippen LogP contribution in [0.5, 0.6) is 0 Å². The van der Waals surface area contributed by atoms with E-state index in [4.69, 9.17) is 4.42 Å². The van der Waals surface area contributed by atoms with E-state index < -0.39 is 11.9 Å². The maximum atomic E-state index is 14.0. The Labute approximate surface area is 172 Å². The highest BCUT2D eigenvalue weighted by Gasteiger charge is 2.42. The van der Waals surface area contributed by atoms with Crippen LogP contribution in [0.3, 0.4) is 0 Å². The molecule has 1 atom stereocenters. The molecule has 5 heteroatoms. The second kappa shape index (κ2) is 7.26. The van der Waals surface area contributed by atoms with Crippen molar-refractivity contribution in [1.29, 1.82) is 0 Å². The Morgan fingerprint density at radius 1 is 0.900 bits per heavy atom. The van der Waals surface area contributed by atoms with Crippen molar-refractivity contribution in [2.45, 2.75) is 12.5 Å². The fourth-order valence-electron chi connectivity index (χ4n) is 4.12. The van der Waals surface area contributed by atoms with E-state index in [2.05, 4.69) is 0 Å². The second-order valence-corrected chi connectivity index (χ2v) is 7.36. The summed E-state index contributed by atoms with van der Waals surface area (Å²) < 4.78 is 19.9. The van der Waals surface area contributed by atoms with E-state index >= 15 is 0 Å². The molecule has 0 radical (unpaired) electrons. The van der Waals surface area contributed by atoms with E-state index in [-0.39, 0.29) is 22.7 Å². The van der Waals surface area contributed by atoms with Crippen molar-refractivity contribution in [2.75, 3.05) is 6.54 Å². The maximum Gasteiger partial charge on any atom is 0.290 e. The van der Waals surface area contributed by atoms with Gasteiger partial charge < -0.3 is 9.32 Å². The molecule has 0 N–H and O–H groups in total. The van der Waals surface area contributed by atoms with E-state index in [0.717, 1.165) is 5.56 Å². The molecule has 4 nitrogen and oxygen atoms in total. The summed E-state index contributed by atoms with van der Waals surface area (Å²) in [6.45, 7) is 0.379. The van der Waals surface area contributed by atoms with E-state index in [0.29, 0.717) is 29.5 Å². The molecular formula is C25H18FNO3. The first kappa shape index (κ1) is 18.3. The predicted octanol–water partition coefficient (Wildman–Crippen LogP) is 4.72. The lowest BCUT2D eigenvalue weighted by atomic mass is 9.98. The molecule has 4 aromatic rings. The molecule has 0 saturated heterocycles. The van der Waals surface area contributed by atoms with E-state index in [1.807, 2.05) is 30.3 Å². The van der Waals surface area contributed by atoms with Gasteiger partial charge in [0, 0.05) is 6.54 Å². The first-order chi connectivity index (χ1) is 14.6. The van der Waals surface area contributed by atoms with Gasteiger partial charge in [0.15, 0.2) is 5.43 Å². The first-order valence-corrected chi connectivity index (χ1v) is 9.79. The zero-order valence-corrected chi connectivity index (χ0v) is 16.0. The Morgan fingerprint density at radius 2 is 1.67 bits per heavy atom. The minimum atomic E-state index is -0.687. The highest BCUT2D eigenvalue weighted by molar-refractivity contribution is 5.99. The van der Waals surface area contributed by atoms with Crippen LogP contribution in [-0.4, -0.2) is 17.4 Å². The Bertz CT molecular complexity index is 1310. The van der Waals surface area contributed by atoms with Crippen LogP contribution in [0.2, 0.25) is 0 Å². The molecule has 2 heterocycles. The third-order valence-corrected chi connectivity index (χ3v) is 5.52. The lowest BCUT2D eigenvalue weighted by Gasteiger charge is -2.25. The van der Waals surface area contributed by atoms with E-state index in [1.54, 1.807) is 41.3 Å². The number of carbonyl (C=O) groups is 1. The Morgan fingerprint density at radius 3 is 2.47 bits per heavy atom. The molecule has 0 spiro atoms. The summed E-state index contributed by atoms with van der Waals surface area (Å²) in [6, 6.07) is 22.0. The number of para-hydroxylation sites is 1. The SMILES string of the molecule is O=C1c2oc3ccccc3c(=O)c2C(c2cccc(F)c2)N1CCc1ccccc1. The van der Waals surface area contributed by atoms with Crippen LogP contribution >= 0.6 is 0 Å². The third-order valence-electron chi connectivity index (χ3n) is 5.52. The van der Waals surface area contributed by atoms with Gasteiger partial charge in [0.05, 0.1) is 17.0 Å². The average Bonchev–Trinajstić information content (AvgIpc) is 3.05. The number of fused-ring (bicyclic) bond motifs is 2. The van der Waals surface area contributed by atoms with Gasteiger partial charge in [-0.25, -0.2) is 4.39 Å². The topological polar surface area (TPSA) is 50.5 Å². The van der Waals surface area contributed by atoms with Crippen molar-refractivity contribution < 1.29 is 13.6 Å². The number of amides is 1. The minimum Gasteiger partial charge on any atom is -0.450 e. The predicted molar refractivity (Wildman–Crippen MR) is 112 cm³/mol. The molecule has 0 bridgehead atoms. The number of halogens is 1. The molecule has 3 aromatic carbocycles. The summed E-state index contributed by atoms with van der Waals surface area (Å²) in [5.41, 5.74) is 2.02. The van der Waals surface area contributed by atoms with Gasteiger partial charge in [-0.3, -0.25) is 9.59 Å². The summed E-state index contributed by atoms with van der Waals surface area (Å²) in [6.07, 6.45) is 0.611. The lowest BCUT2D eigenvalue weighted by molar-refractivity contribution is 0.0730. The molecule has 1 unspecified atom stereocenters. The molecule has 1 amide bonds. The fourth-order valence-corrected chi connectivity index (χ4v) is 4.12. The Kier molecular flexibility index (Phi) is 4.43. The van der Waals surface area contributed by atoms with Crippen LogP contribution in [0.4, 0.5) is 4.39 Å². The van der Waals surface area contributed by atoms with Gasteiger partial charge in [0.25, 0.3) is 5.91 Å². The number of carbonyl (C=O) groups excluding carboxylic acids is 1. The standard InChI is InChI=1S/C25H18FNO3/c26-18-10-6-9-17(15-18)22-21-23(28)19-11-4-5-12-20(19)30-24(21)25(29)27(22)14-13-16-7-2-1-3-8-16/h1-12,15,22H,13-14H2. The number of hydrogen-bond acceptors (Lipinski definition) is 3. The molecule has 0 fully saturated rings. The number of hydrogen-bond donors (Lipinski definition) is 0. The summed E-state index contributed by atoms with van der Waals surface area (Å²) in [5.74, 6) is -0.722. The molecule has 30 heavy (non-hydrogen) atoms. The largest absolute Gasteiger partial charge is 0.450 e. The second-order valence-electron chi connectivity index (χ2n) is 7.36. The van der Waals surface area contributed by atoms with Crippen LogP contribution in [0.25, 0.3) is 11.0 Å². The summed E-state index contributed by atoms with van der Waals surface area (Å²) >= 11 is 0. The molecule has 1 aromatic heterocycles. The van der Waals surface area contributed by atoms with Gasteiger partial charge in [-0.15, -0.1) is 0 Å². The van der Waals surface area contributed by atoms with Crippen molar-refractivity contribution in [3.8, 4) is 0 Å². The lowest BCUT2D eigenvalue weighted by Crippen LogP contribution is -2.31. The van der Waals surface area contributed by atoms with Crippen LogP contribution in [0.15, 0.2) is 88.1 Å². The maximum absolute atomic E-state index is 14.0. The van der Waals surface area contributed by atoms with E-state index in [1.165, 1.54) is 12.1 Å². The molecular weight excluding hydrogens is 381 g/mol. The van der Waals surface area contributed by atoms with Crippen LogP contribution in [0.1, 0.15) is 33.3 Å². The zero-order valence-electron chi connectivity index (χ0n) is 16.0. The van der Waals surface area contributed by atoms with E-state index in [9.17, 15) is 14.0 Å². The molecule has 5 rings (SSSR count). The van der Waals surface area contributed by atoms with Crippen LogP contribution in [0, 0.1) is 5.82 Å². The normalized spacial score (nSPS) is 15.6. The van der Waals surface area contributed by atoms with Gasteiger partial charge in [0.2, 0.25) is 5.76 Å². The average molecular weight is 399 g/mol.